The molecule has 3 saturated carbocycles. The van der Waals surface area contributed by atoms with Gasteiger partial charge in [0.05, 0.1) is 18.8 Å². The Bertz CT molecular complexity index is 752. The SMILES string of the molecule is CC(C)CCCC(C)[C@H]1CC[C@H]2[C@@H]3CC=C4C[C@@H](O)CC[C@]4(C)[C@H]3CC[C@]12C.OC[C@@H]1C[C@@H](O)CN1. The van der Waals surface area contributed by atoms with E-state index < -0.39 is 0 Å². The molecule has 4 fully saturated rings. The van der Waals surface area contributed by atoms with Gasteiger partial charge >= 0.3 is 0 Å². The molecule has 0 aromatic carbocycles. The zero-order valence-electron chi connectivity index (χ0n) is 24.0. The number of hydrogen-bond acceptors (Lipinski definition) is 4. The van der Waals surface area contributed by atoms with Crippen LogP contribution in [0, 0.1) is 46.3 Å². The second-order valence-electron chi connectivity index (χ2n) is 14.4. The molecule has 1 saturated heterocycles. The monoisotopic (exact) mass is 503 g/mol. The molecule has 1 heterocycles. The molecular formula is C32H57NO3. The molecular weight excluding hydrogens is 446 g/mol. The highest BCUT2D eigenvalue weighted by Crippen LogP contribution is 2.67. The number of nitrogens with one attached hydrogen (secondary N) is 1. The Hall–Kier alpha value is -0.420. The number of fused-ring (bicyclic) bond motifs is 5. The van der Waals surface area contributed by atoms with E-state index in [2.05, 4.69) is 46.0 Å². The largest absolute Gasteiger partial charge is 0.395 e. The van der Waals surface area contributed by atoms with Crippen molar-refractivity contribution in [2.45, 2.75) is 130 Å². The van der Waals surface area contributed by atoms with Crippen molar-refractivity contribution >= 4 is 0 Å². The van der Waals surface area contributed by atoms with E-state index in [1.807, 2.05) is 0 Å². The molecule has 0 bridgehead atoms. The van der Waals surface area contributed by atoms with Crippen LogP contribution in [0.3, 0.4) is 0 Å². The van der Waals surface area contributed by atoms with Crippen LogP contribution in [-0.2, 0) is 0 Å². The minimum absolute atomic E-state index is 0.0766. The molecule has 5 aliphatic rings. The first-order valence-corrected chi connectivity index (χ1v) is 15.5. The van der Waals surface area contributed by atoms with Gasteiger partial charge in [-0.25, -0.2) is 0 Å². The Balaban J connectivity index is 0.000000325. The topological polar surface area (TPSA) is 72.7 Å². The Morgan fingerprint density at radius 1 is 0.972 bits per heavy atom. The Kier molecular flexibility index (Phi) is 9.34. The maximum absolute atomic E-state index is 10.2. The van der Waals surface area contributed by atoms with Crippen LogP contribution in [0.4, 0.5) is 0 Å². The first-order valence-electron chi connectivity index (χ1n) is 15.5. The fourth-order valence-electron chi connectivity index (χ4n) is 9.60. The Labute approximate surface area is 221 Å². The van der Waals surface area contributed by atoms with Crippen LogP contribution in [0.2, 0.25) is 0 Å². The molecule has 208 valence electrons. The number of rotatable bonds is 6. The summed E-state index contributed by atoms with van der Waals surface area (Å²) in [5, 5.41) is 30.5. The van der Waals surface area contributed by atoms with Crippen LogP contribution < -0.4 is 5.32 Å². The average Bonchev–Trinajstić information content (AvgIpc) is 3.42. The molecule has 1 aliphatic heterocycles. The quantitative estimate of drug-likeness (QED) is 0.331. The molecule has 1 unspecified atom stereocenters. The summed E-state index contributed by atoms with van der Waals surface area (Å²) in [5.74, 6) is 5.46. The smallest absolute Gasteiger partial charge is 0.0680 e. The van der Waals surface area contributed by atoms with Crippen LogP contribution in [0.5, 0.6) is 0 Å². The lowest BCUT2D eigenvalue weighted by molar-refractivity contribution is -0.0573. The van der Waals surface area contributed by atoms with Crippen molar-refractivity contribution in [2.75, 3.05) is 13.2 Å². The van der Waals surface area contributed by atoms with Gasteiger partial charge < -0.3 is 20.6 Å². The molecule has 36 heavy (non-hydrogen) atoms. The third-order valence-corrected chi connectivity index (χ3v) is 11.7. The summed E-state index contributed by atoms with van der Waals surface area (Å²) in [6.45, 7) is 13.3. The molecule has 0 spiro atoms. The number of aliphatic hydroxyl groups is 3. The van der Waals surface area contributed by atoms with Gasteiger partial charge in [-0.1, -0.05) is 65.5 Å². The highest BCUT2D eigenvalue weighted by molar-refractivity contribution is 5.25. The van der Waals surface area contributed by atoms with Crippen molar-refractivity contribution in [1.82, 2.24) is 5.32 Å². The first kappa shape index (κ1) is 28.6. The summed E-state index contributed by atoms with van der Waals surface area (Å²) < 4.78 is 0. The maximum atomic E-state index is 10.2. The van der Waals surface area contributed by atoms with Gasteiger partial charge in [-0.3, -0.25) is 0 Å². The summed E-state index contributed by atoms with van der Waals surface area (Å²) in [4.78, 5) is 0. The molecule has 4 N–H and O–H groups in total. The molecule has 5 rings (SSSR count). The number of allylic oxidation sites excluding steroid dienone is 1. The van der Waals surface area contributed by atoms with Gasteiger partial charge in [0, 0.05) is 12.6 Å². The van der Waals surface area contributed by atoms with E-state index in [9.17, 15) is 5.11 Å². The van der Waals surface area contributed by atoms with E-state index in [4.69, 9.17) is 10.2 Å². The van der Waals surface area contributed by atoms with Gasteiger partial charge in [0.25, 0.3) is 0 Å². The van der Waals surface area contributed by atoms with E-state index in [1.165, 1.54) is 57.8 Å². The molecule has 0 radical (unpaired) electrons. The number of β-amino-alcohol motifs (C(OH)–C–C–N with tert-alkyl or cyclic N) is 1. The van der Waals surface area contributed by atoms with Crippen LogP contribution in [0.25, 0.3) is 0 Å². The zero-order chi connectivity index (χ0) is 26.1. The summed E-state index contributed by atoms with van der Waals surface area (Å²) in [6.07, 6.45) is 17.6. The normalized spacial score (nSPS) is 44.7. The van der Waals surface area contributed by atoms with E-state index >= 15 is 0 Å². The summed E-state index contributed by atoms with van der Waals surface area (Å²) in [5.41, 5.74) is 2.60. The van der Waals surface area contributed by atoms with E-state index in [-0.39, 0.29) is 24.9 Å². The van der Waals surface area contributed by atoms with Gasteiger partial charge in [0.15, 0.2) is 0 Å². The van der Waals surface area contributed by atoms with Crippen molar-refractivity contribution < 1.29 is 15.3 Å². The van der Waals surface area contributed by atoms with Crippen LogP contribution >= 0.6 is 0 Å². The van der Waals surface area contributed by atoms with Crippen LogP contribution in [0.15, 0.2) is 11.6 Å². The lowest BCUT2D eigenvalue weighted by Gasteiger charge is -2.58. The van der Waals surface area contributed by atoms with Crippen molar-refractivity contribution in [3.63, 3.8) is 0 Å². The molecule has 0 aromatic heterocycles. The number of hydrogen-bond donors (Lipinski definition) is 4. The molecule has 0 amide bonds. The van der Waals surface area contributed by atoms with E-state index in [0.29, 0.717) is 23.8 Å². The van der Waals surface area contributed by atoms with Gasteiger partial charge in [-0.15, -0.1) is 0 Å². The van der Waals surface area contributed by atoms with Gasteiger partial charge in [-0.05, 0) is 104 Å². The van der Waals surface area contributed by atoms with Crippen LogP contribution in [-0.4, -0.2) is 46.7 Å². The fourth-order valence-corrected chi connectivity index (χ4v) is 9.60. The molecule has 0 aromatic rings. The van der Waals surface area contributed by atoms with Crippen molar-refractivity contribution in [3.05, 3.63) is 11.6 Å². The molecule has 10 atom stereocenters. The Morgan fingerprint density at radius 2 is 1.75 bits per heavy atom. The molecule has 4 nitrogen and oxygen atoms in total. The van der Waals surface area contributed by atoms with Crippen molar-refractivity contribution in [3.8, 4) is 0 Å². The Morgan fingerprint density at radius 3 is 2.39 bits per heavy atom. The molecule has 4 aliphatic carbocycles. The summed E-state index contributed by atoms with van der Waals surface area (Å²) >= 11 is 0. The van der Waals surface area contributed by atoms with Gasteiger partial charge in [0.1, 0.15) is 0 Å². The van der Waals surface area contributed by atoms with E-state index in [0.717, 1.165) is 48.3 Å². The van der Waals surface area contributed by atoms with Gasteiger partial charge in [0.2, 0.25) is 0 Å². The predicted molar refractivity (Wildman–Crippen MR) is 149 cm³/mol. The fraction of sp³-hybridized carbons (Fsp3) is 0.938. The number of aliphatic hydroxyl groups excluding tert-OH is 3. The second kappa shape index (κ2) is 11.8. The second-order valence-corrected chi connectivity index (χ2v) is 14.4. The zero-order valence-corrected chi connectivity index (χ0v) is 24.0. The minimum atomic E-state index is -0.243. The molecule has 4 heteroatoms. The lowest BCUT2D eigenvalue weighted by Crippen LogP contribution is -2.50. The summed E-state index contributed by atoms with van der Waals surface area (Å²) in [6, 6.07) is 0.130. The van der Waals surface area contributed by atoms with E-state index in [1.54, 1.807) is 5.57 Å². The van der Waals surface area contributed by atoms with Gasteiger partial charge in [-0.2, -0.15) is 0 Å². The third-order valence-electron chi connectivity index (χ3n) is 11.7. The summed E-state index contributed by atoms with van der Waals surface area (Å²) in [7, 11) is 0. The predicted octanol–water partition coefficient (Wildman–Crippen LogP) is 6.09. The minimum Gasteiger partial charge on any atom is -0.395 e. The highest BCUT2D eigenvalue weighted by atomic mass is 16.3. The maximum Gasteiger partial charge on any atom is 0.0680 e. The van der Waals surface area contributed by atoms with Crippen molar-refractivity contribution in [1.29, 1.82) is 0 Å². The highest BCUT2D eigenvalue weighted by Gasteiger charge is 2.59. The first-order chi connectivity index (χ1) is 17.1. The average molecular weight is 504 g/mol. The third kappa shape index (κ3) is 5.77. The lowest BCUT2D eigenvalue weighted by atomic mass is 9.47. The van der Waals surface area contributed by atoms with Crippen molar-refractivity contribution in [2.24, 2.45) is 46.3 Å². The van der Waals surface area contributed by atoms with Crippen LogP contribution in [0.1, 0.15) is 112 Å². The standard InChI is InChI=1S/C27H46O.C5H11NO2/c1-18(2)7-6-8-19(3)23-11-12-24-22-10-9-20-17-21(28)13-15-26(20,4)25(22)14-16-27(23,24)5;7-3-4-1-5(8)2-6-4/h9,18-19,21-25,28H,6-8,10-17H2,1-5H3;4-8H,1-3H2/t19?,21-,22-,23+,24-,25-,26-,27+;4-,5+/m00/s1.